The summed E-state index contributed by atoms with van der Waals surface area (Å²) in [4.78, 5) is 4.07. The molecule has 0 amide bonds. The van der Waals surface area contributed by atoms with E-state index in [1.165, 1.54) is 12.3 Å². The molecule has 0 saturated carbocycles. The van der Waals surface area contributed by atoms with Crippen molar-refractivity contribution in [2.75, 3.05) is 7.11 Å². The van der Waals surface area contributed by atoms with E-state index in [9.17, 15) is 4.39 Å². The lowest BCUT2D eigenvalue weighted by Gasteiger charge is -2.25. The quantitative estimate of drug-likeness (QED) is 0.929. The number of ether oxygens (including phenoxy) is 1. The highest BCUT2D eigenvalue weighted by Gasteiger charge is 2.25. The summed E-state index contributed by atoms with van der Waals surface area (Å²) in [7, 11) is 1.62. The summed E-state index contributed by atoms with van der Waals surface area (Å²) < 4.78 is 19.2. The Morgan fingerprint density at radius 2 is 2.10 bits per heavy atom. The van der Waals surface area contributed by atoms with Gasteiger partial charge in [-0.05, 0) is 49.2 Å². The monoisotopic (exact) mass is 338 g/mol. The molecule has 106 valence electrons. The molecule has 0 radical (unpaired) electrons. The fourth-order valence-corrected chi connectivity index (χ4v) is 2.49. The first-order valence-electron chi connectivity index (χ1n) is 6.16. The normalized spacial score (nSPS) is 13.8. The summed E-state index contributed by atoms with van der Waals surface area (Å²) in [6.07, 6.45) is 1.72. The van der Waals surface area contributed by atoms with Crippen LogP contribution in [0.15, 0.2) is 41.0 Å². The Bertz CT molecular complexity index is 599. The molecule has 2 rings (SSSR count). The highest BCUT2D eigenvalue weighted by molar-refractivity contribution is 9.10. The van der Waals surface area contributed by atoms with Crippen LogP contribution in [-0.2, 0) is 12.0 Å². The maximum atomic E-state index is 12.9. The van der Waals surface area contributed by atoms with Gasteiger partial charge in [-0.25, -0.2) is 4.39 Å². The van der Waals surface area contributed by atoms with Crippen molar-refractivity contribution >= 4 is 15.9 Å². The fourth-order valence-electron chi connectivity index (χ4n) is 2.09. The summed E-state index contributed by atoms with van der Waals surface area (Å²) in [6.45, 7) is 1.87. The third kappa shape index (κ3) is 3.35. The van der Waals surface area contributed by atoms with Gasteiger partial charge in [-0.3, -0.25) is 4.98 Å². The van der Waals surface area contributed by atoms with Crippen LogP contribution in [0.3, 0.4) is 0 Å². The van der Waals surface area contributed by atoms with E-state index in [4.69, 9.17) is 10.5 Å². The van der Waals surface area contributed by atoms with Gasteiger partial charge >= 0.3 is 0 Å². The lowest BCUT2D eigenvalue weighted by molar-refractivity contribution is 0.397. The van der Waals surface area contributed by atoms with Crippen molar-refractivity contribution in [2.24, 2.45) is 5.73 Å². The molecule has 2 N–H and O–H groups in total. The van der Waals surface area contributed by atoms with Crippen molar-refractivity contribution in [3.8, 4) is 5.75 Å². The molecule has 1 aromatic heterocycles. The first-order chi connectivity index (χ1) is 9.42. The summed E-state index contributed by atoms with van der Waals surface area (Å²) in [5.41, 5.74) is 7.24. The van der Waals surface area contributed by atoms with Gasteiger partial charge in [0.25, 0.3) is 0 Å². The van der Waals surface area contributed by atoms with Crippen LogP contribution in [0.25, 0.3) is 0 Å². The Hall–Kier alpha value is -1.46. The molecule has 0 saturated heterocycles. The Balaban J connectivity index is 2.32. The van der Waals surface area contributed by atoms with E-state index in [0.29, 0.717) is 12.1 Å². The second-order valence-corrected chi connectivity index (χ2v) is 5.83. The largest absolute Gasteiger partial charge is 0.496 e. The summed E-state index contributed by atoms with van der Waals surface area (Å²) in [5, 5.41) is 0. The Kier molecular flexibility index (Phi) is 4.40. The van der Waals surface area contributed by atoms with Gasteiger partial charge < -0.3 is 10.5 Å². The van der Waals surface area contributed by atoms with E-state index in [1.54, 1.807) is 13.2 Å². The van der Waals surface area contributed by atoms with E-state index in [2.05, 4.69) is 20.9 Å². The van der Waals surface area contributed by atoms with Gasteiger partial charge in [0.1, 0.15) is 11.6 Å². The molecule has 1 heterocycles. The van der Waals surface area contributed by atoms with Gasteiger partial charge in [0.05, 0.1) is 24.5 Å². The van der Waals surface area contributed by atoms with Crippen molar-refractivity contribution in [1.29, 1.82) is 0 Å². The zero-order valence-corrected chi connectivity index (χ0v) is 12.9. The van der Waals surface area contributed by atoms with Crippen molar-refractivity contribution in [3.63, 3.8) is 0 Å². The summed E-state index contributed by atoms with van der Waals surface area (Å²) >= 11 is 3.44. The summed E-state index contributed by atoms with van der Waals surface area (Å²) in [6, 6.07) is 8.73. The van der Waals surface area contributed by atoms with Gasteiger partial charge in [0, 0.05) is 4.47 Å². The number of benzene rings is 1. The molecule has 1 unspecified atom stereocenters. The number of pyridine rings is 1. The highest BCUT2D eigenvalue weighted by atomic mass is 79.9. The van der Waals surface area contributed by atoms with E-state index in [0.717, 1.165) is 15.8 Å². The van der Waals surface area contributed by atoms with E-state index < -0.39 is 5.54 Å². The lowest BCUT2D eigenvalue weighted by Crippen LogP contribution is -2.36. The van der Waals surface area contributed by atoms with E-state index in [-0.39, 0.29) is 5.82 Å². The smallest absolute Gasteiger partial charge is 0.141 e. The van der Waals surface area contributed by atoms with Crippen LogP contribution in [-0.4, -0.2) is 12.1 Å². The van der Waals surface area contributed by atoms with Crippen LogP contribution < -0.4 is 10.5 Å². The van der Waals surface area contributed by atoms with Crippen molar-refractivity contribution in [1.82, 2.24) is 4.98 Å². The van der Waals surface area contributed by atoms with Crippen LogP contribution in [0.4, 0.5) is 4.39 Å². The zero-order valence-electron chi connectivity index (χ0n) is 11.4. The number of hydrogen-bond donors (Lipinski definition) is 1. The average Bonchev–Trinajstić information content (AvgIpc) is 2.39. The van der Waals surface area contributed by atoms with Gasteiger partial charge in [-0.15, -0.1) is 0 Å². The molecule has 0 aliphatic rings. The van der Waals surface area contributed by atoms with Gasteiger partial charge in [0.2, 0.25) is 0 Å². The SMILES string of the molecule is COc1ccc(Br)cc1CC(C)(N)c1ccc(F)cn1. The van der Waals surface area contributed by atoms with E-state index in [1.807, 2.05) is 25.1 Å². The van der Waals surface area contributed by atoms with E-state index >= 15 is 0 Å². The Labute approximate surface area is 126 Å². The molecule has 1 atom stereocenters. The Morgan fingerprint density at radius 1 is 1.35 bits per heavy atom. The van der Waals surface area contributed by atoms with Gasteiger partial charge in [-0.2, -0.15) is 0 Å². The standard InChI is InChI=1S/C15H16BrFN2O/c1-15(18,14-6-4-12(17)9-19-14)8-10-7-11(16)3-5-13(10)20-2/h3-7,9H,8,18H2,1-2H3. The Morgan fingerprint density at radius 3 is 2.70 bits per heavy atom. The fraction of sp³-hybridized carbons (Fsp3) is 0.267. The van der Waals surface area contributed by atoms with Crippen LogP contribution >= 0.6 is 15.9 Å². The minimum Gasteiger partial charge on any atom is -0.496 e. The zero-order chi connectivity index (χ0) is 14.8. The predicted octanol–water partition coefficient (Wildman–Crippen LogP) is 3.41. The maximum absolute atomic E-state index is 12.9. The molecule has 0 fully saturated rings. The number of methoxy groups -OCH3 is 1. The molecule has 0 aliphatic heterocycles. The van der Waals surface area contributed by atoms with Crippen LogP contribution in [0.2, 0.25) is 0 Å². The van der Waals surface area contributed by atoms with Crippen LogP contribution in [0.5, 0.6) is 5.75 Å². The molecular weight excluding hydrogens is 323 g/mol. The first kappa shape index (κ1) is 14.9. The van der Waals surface area contributed by atoms with Crippen molar-refractivity contribution in [2.45, 2.75) is 18.9 Å². The minimum absolute atomic E-state index is 0.371. The number of halogens is 2. The minimum atomic E-state index is -0.707. The van der Waals surface area contributed by atoms with Crippen molar-refractivity contribution in [3.05, 3.63) is 58.1 Å². The molecule has 2 aromatic rings. The molecule has 20 heavy (non-hydrogen) atoms. The first-order valence-corrected chi connectivity index (χ1v) is 6.95. The second kappa shape index (κ2) is 5.89. The third-order valence-electron chi connectivity index (χ3n) is 3.11. The molecule has 3 nitrogen and oxygen atoms in total. The number of rotatable bonds is 4. The third-order valence-corrected chi connectivity index (χ3v) is 3.61. The van der Waals surface area contributed by atoms with Crippen molar-refractivity contribution < 1.29 is 9.13 Å². The molecule has 0 bridgehead atoms. The highest BCUT2D eigenvalue weighted by Crippen LogP contribution is 2.29. The molecule has 0 spiro atoms. The predicted molar refractivity (Wildman–Crippen MR) is 80.1 cm³/mol. The molecular formula is C15H16BrFN2O. The number of aromatic nitrogens is 1. The van der Waals surface area contributed by atoms with Crippen LogP contribution in [0.1, 0.15) is 18.2 Å². The number of nitrogens with zero attached hydrogens (tertiary/aromatic N) is 1. The lowest BCUT2D eigenvalue weighted by atomic mass is 9.90. The number of nitrogens with two attached hydrogens (primary N) is 1. The topological polar surface area (TPSA) is 48.1 Å². The number of hydrogen-bond acceptors (Lipinski definition) is 3. The molecule has 5 heteroatoms. The summed E-state index contributed by atoms with van der Waals surface area (Å²) in [5.74, 6) is 0.400. The van der Waals surface area contributed by atoms with Gasteiger partial charge in [-0.1, -0.05) is 15.9 Å². The second-order valence-electron chi connectivity index (χ2n) is 4.91. The maximum Gasteiger partial charge on any atom is 0.141 e. The van der Waals surface area contributed by atoms with Gasteiger partial charge in [0.15, 0.2) is 0 Å². The average molecular weight is 339 g/mol. The molecule has 1 aromatic carbocycles. The van der Waals surface area contributed by atoms with Crippen LogP contribution in [0, 0.1) is 5.82 Å². The molecule has 0 aliphatic carbocycles.